The summed E-state index contributed by atoms with van der Waals surface area (Å²) in [6, 6.07) is 0.432. The molecule has 1 saturated carbocycles. The number of hydrogen-bond donors (Lipinski definition) is 2. The average Bonchev–Trinajstić information content (AvgIpc) is 3.21. The minimum atomic E-state index is 0. The second-order valence-electron chi connectivity index (χ2n) is 6.07. The first-order valence-corrected chi connectivity index (χ1v) is 7.55. The van der Waals surface area contributed by atoms with E-state index in [0.29, 0.717) is 12.6 Å². The van der Waals surface area contributed by atoms with E-state index in [1.807, 2.05) is 0 Å². The predicted octanol–water partition coefficient (Wildman–Crippen LogP) is 1.00. The summed E-state index contributed by atoms with van der Waals surface area (Å²) in [5, 5.41) is 6.25. The van der Waals surface area contributed by atoms with Crippen LogP contribution in [-0.2, 0) is 4.79 Å². The predicted molar refractivity (Wildman–Crippen MR) is 98.9 cm³/mol. The molecule has 134 valence electrons. The first-order valence-electron chi connectivity index (χ1n) is 7.55. The van der Waals surface area contributed by atoms with Crippen molar-refractivity contribution in [3.05, 3.63) is 0 Å². The zero-order valence-electron chi connectivity index (χ0n) is 13.5. The van der Waals surface area contributed by atoms with Gasteiger partial charge in [0.2, 0.25) is 5.91 Å². The van der Waals surface area contributed by atoms with Gasteiger partial charge in [0.15, 0.2) is 0 Å². The number of piperazine rings is 1. The van der Waals surface area contributed by atoms with Crippen LogP contribution in [0.15, 0.2) is 0 Å². The normalized spacial score (nSPS) is 20.1. The van der Waals surface area contributed by atoms with Crippen LogP contribution >= 0.6 is 37.2 Å². The van der Waals surface area contributed by atoms with Gasteiger partial charge in [-0.3, -0.25) is 9.69 Å². The molecule has 5 nitrogen and oxygen atoms in total. The van der Waals surface area contributed by atoms with Crippen molar-refractivity contribution in [1.82, 2.24) is 20.4 Å². The number of nitrogens with one attached hydrogen (secondary N) is 2. The van der Waals surface area contributed by atoms with Crippen LogP contribution in [0.4, 0.5) is 0 Å². The molecular formula is C14H31Cl3N4O. The number of amides is 1. The van der Waals surface area contributed by atoms with E-state index in [0.717, 1.165) is 45.2 Å². The fourth-order valence-corrected chi connectivity index (χ4v) is 2.43. The molecular weight excluding hydrogens is 347 g/mol. The summed E-state index contributed by atoms with van der Waals surface area (Å²) in [6.45, 7) is 8.88. The third-order valence-corrected chi connectivity index (χ3v) is 4.17. The summed E-state index contributed by atoms with van der Waals surface area (Å²) >= 11 is 0. The quantitative estimate of drug-likeness (QED) is 0.695. The lowest BCUT2D eigenvalue weighted by molar-refractivity contribution is -0.120. The number of halogens is 3. The van der Waals surface area contributed by atoms with Gasteiger partial charge in [-0.25, -0.2) is 0 Å². The van der Waals surface area contributed by atoms with Gasteiger partial charge in [0.25, 0.3) is 0 Å². The van der Waals surface area contributed by atoms with Crippen molar-refractivity contribution in [2.75, 3.05) is 52.9 Å². The number of carbonyl (C=O) groups is 1. The summed E-state index contributed by atoms with van der Waals surface area (Å²) in [6.07, 6.45) is 2.66. The first-order chi connectivity index (χ1) is 9.15. The molecule has 0 aromatic rings. The molecule has 1 amide bonds. The maximum atomic E-state index is 11.7. The van der Waals surface area contributed by atoms with Crippen LogP contribution in [0.25, 0.3) is 0 Å². The van der Waals surface area contributed by atoms with E-state index < -0.39 is 0 Å². The van der Waals surface area contributed by atoms with E-state index in [1.165, 1.54) is 12.8 Å². The molecule has 8 heteroatoms. The van der Waals surface area contributed by atoms with Crippen molar-refractivity contribution in [2.24, 2.45) is 5.92 Å². The SMILES string of the molecule is CC(CNC(=O)CNCC1CC1)N1CCN(C)CC1.Cl.Cl.Cl. The lowest BCUT2D eigenvalue weighted by Gasteiger charge is -2.36. The molecule has 0 bridgehead atoms. The highest BCUT2D eigenvalue weighted by molar-refractivity contribution is 5.86. The van der Waals surface area contributed by atoms with Gasteiger partial charge in [-0.15, -0.1) is 37.2 Å². The smallest absolute Gasteiger partial charge is 0.234 e. The van der Waals surface area contributed by atoms with Crippen molar-refractivity contribution in [3.63, 3.8) is 0 Å². The summed E-state index contributed by atoms with van der Waals surface area (Å²) < 4.78 is 0. The molecule has 1 aliphatic carbocycles. The van der Waals surface area contributed by atoms with E-state index in [9.17, 15) is 4.79 Å². The molecule has 1 atom stereocenters. The first kappa shape index (κ1) is 24.5. The van der Waals surface area contributed by atoms with E-state index in [1.54, 1.807) is 0 Å². The lowest BCUT2D eigenvalue weighted by atomic mass is 10.2. The maximum absolute atomic E-state index is 11.7. The Morgan fingerprint density at radius 2 is 1.73 bits per heavy atom. The minimum Gasteiger partial charge on any atom is -0.353 e. The fraction of sp³-hybridized carbons (Fsp3) is 0.929. The molecule has 0 aromatic carbocycles. The van der Waals surface area contributed by atoms with Crippen LogP contribution in [-0.4, -0.2) is 74.6 Å². The standard InChI is InChI=1S/C14H28N4O.3ClH/c1-12(18-7-5-17(2)6-8-18)9-16-14(19)11-15-10-13-3-4-13;;;/h12-13,15H,3-11H2,1-2H3,(H,16,19);3*1H. The van der Waals surface area contributed by atoms with Crippen LogP contribution in [0.2, 0.25) is 0 Å². The van der Waals surface area contributed by atoms with E-state index in [-0.39, 0.29) is 43.1 Å². The summed E-state index contributed by atoms with van der Waals surface area (Å²) in [4.78, 5) is 16.5. The van der Waals surface area contributed by atoms with Gasteiger partial charge in [0.05, 0.1) is 6.54 Å². The van der Waals surface area contributed by atoms with E-state index in [4.69, 9.17) is 0 Å². The van der Waals surface area contributed by atoms with Gasteiger partial charge >= 0.3 is 0 Å². The van der Waals surface area contributed by atoms with E-state index >= 15 is 0 Å². The Kier molecular flexibility index (Phi) is 14.0. The molecule has 0 aromatic heterocycles. The second-order valence-corrected chi connectivity index (χ2v) is 6.07. The Morgan fingerprint density at radius 3 is 2.27 bits per heavy atom. The van der Waals surface area contributed by atoms with Crippen molar-refractivity contribution in [2.45, 2.75) is 25.8 Å². The van der Waals surface area contributed by atoms with Crippen molar-refractivity contribution >= 4 is 43.1 Å². The highest BCUT2D eigenvalue weighted by Gasteiger charge is 2.21. The molecule has 1 saturated heterocycles. The zero-order valence-corrected chi connectivity index (χ0v) is 16.0. The Morgan fingerprint density at radius 1 is 1.14 bits per heavy atom. The van der Waals surface area contributed by atoms with Crippen LogP contribution in [0.1, 0.15) is 19.8 Å². The van der Waals surface area contributed by atoms with Crippen LogP contribution in [0.5, 0.6) is 0 Å². The number of carbonyl (C=O) groups excluding carboxylic acids is 1. The summed E-state index contributed by atoms with van der Waals surface area (Å²) in [5.41, 5.74) is 0. The molecule has 2 N–H and O–H groups in total. The third-order valence-electron chi connectivity index (χ3n) is 4.17. The number of hydrogen-bond acceptors (Lipinski definition) is 4. The third kappa shape index (κ3) is 9.38. The Labute approximate surface area is 153 Å². The van der Waals surface area contributed by atoms with Crippen LogP contribution < -0.4 is 10.6 Å². The minimum absolute atomic E-state index is 0. The van der Waals surface area contributed by atoms with Gasteiger partial charge < -0.3 is 15.5 Å². The molecule has 2 rings (SSSR count). The van der Waals surface area contributed by atoms with Crippen molar-refractivity contribution < 1.29 is 4.79 Å². The van der Waals surface area contributed by atoms with Gasteiger partial charge in [-0.2, -0.15) is 0 Å². The van der Waals surface area contributed by atoms with Crippen LogP contribution in [0.3, 0.4) is 0 Å². The number of nitrogens with zero attached hydrogens (tertiary/aromatic N) is 2. The number of rotatable bonds is 7. The summed E-state index contributed by atoms with van der Waals surface area (Å²) in [7, 11) is 2.16. The molecule has 2 fully saturated rings. The Hall–Kier alpha value is 0.220. The lowest BCUT2D eigenvalue weighted by Crippen LogP contribution is -2.51. The van der Waals surface area contributed by atoms with E-state index in [2.05, 4.69) is 34.4 Å². The average molecular weight is 378 g/mol. The molecule has 1 heterocycles. The molecule has 0 radical (unpaired) electrons. The molecule has 22 heavy (non-hydrogen) atoms. The Bertz CT molecular complexity index is 298. The topological polar surface area (TPSA) is 47.6 Å². The molecule has 0 spiro atoms. The Balaban J connectivity index is 0. The van der Waals surface area contributed by atoms with Gasteiger partial charge in [0.1, 0.15) is 0 Å². The number of likely N-dealkylation sites (N-methyl/N-ethyl adjacent to an activating group) is 1. The molecule has 1 aliphatic heterocycles. The molecule has 1 unspecified atom stereocenters. The highest BCUT2D eigenvalue weighted by atomic mass is 35.5. The zero-order chi connectivity index (χ0) is 13.7. The second kappa shape index (κ2) is 12.6. The monoisotopic (exact) mass is 376 g/mol. The van der Waals surface area contributed by atoms with Gasteiger partial charge in [-0.1, -0.05) is 0 Å². The van der Waals surface area contributed by atoms with Crippen molar-refractivity contribution in [3.8, 4) is 0 Å². The maximum Gasteiger partial charge on any atom is 0.234 e. The molecule has 2 aliphatic rings. The summed E-state index contributed by atoms with van der Waals surface area (Å²) in [5.74, 6) is 0.957. The largest absolute Gasteiger partial charge is 0.353 e. The van der Waals surface area contributed by atoms with Crippen molar-refractivity contribution in [1.29, 1.82) is 0 Å². The van der Waals surface area contributed by atoms with Gasteiger partial charge in [-0.05, 0) is 39.3 Å². The fourth-order valence-electron chi connectivity index (χ4n) is 2.43. The van der Waals surface area contributed by atoms with Gasteiger partial charge in [0, 0.05) is 38.8 Å². The highest BCUT2D eigenvalue weighted by Crippen LogP contribution is 2.27. The van der Waals surface area contributed by atoms with Crippen LogP contribution in [0, 0.1) is 5.92 Å².